The number of hydrogen-bond donors (Lipinski definition) is 1. The zero-order valence-corrected chi connectivity index (χ0v) is 20.4. The largest absolute Gasteiger partial charge is 0.496 e. The van der Waals surface area contributed by atoms with E-state index >= 15 is 0 Å². The summed E-state index contributed by atoms with van der Waals surface area (Å²) in [4.78, 5) is 16.7. The molecule has 2 aliphatic heterocycles. The molecule has 2 aliphatic rings. The lowest BCUT2D eigenvalue weighted by Crippen LogP contribution is -2.37. The summed E-state index contributed by atoms with van der Waals surface area (Å²) in [6.45, 7) is 9.18. The van der Waals surface area contributed by atoms with Crippen LogP contribution in [-0.4, -0.2) is 67.0 Å². The average molecular weight is 471 g/mol. The summed E-state index contributed by atoms with van der Waals surface area (Å²) >= 11 is 1.71. The molecule has 0 spiro atoms. The Morgan fingerprint density at radius 1 is 1.12 bits per heavy atom. The van der Waals surface area contributed by atoms with Crippen LogP contribution in [-0.2, 0) is 17.8 Å². The fourth-order valence-corrected chi connectivity index (χ4v) is 5.81. The number of ether oxygens (including phenoxy) is 3. The van der Waals surface area contributed by atoms with E-state index in [1.54, 1.807) is 25.6 Å². The molecule has 0 amide bonds. The van der Waals surface area contributed by atoms with Crippen LogP contribution in [0, 0.1) is 13.8 Å². The molecule has 5 rings (SSSR count). The molecule has 1 saturated heterocycles. The SMILES string of the molecule is COc1ccc(OC)c2c1CN(c1nc(CN3CCOCC3)nc3sc(C)c(C)c13)C[C@@H]2O. The quantitative estimate of drug-likeness (QED) is 0.609. The Labute approximate surface area is 197 Å². The first-order valence-electron chi connectivity index (χ1n) is 11.2. The van der Waals surface area contributed by atoms with E-state index in [4.69, 9.17) is 24.2 Å². The van der Waals surface area contributed by atoms with Gasteiger partial charge in [-0.2, -0.15) is 0 Å². The van der Waals surface area contributed by atoms with Crippen molar-refractivity contribution in [1.29, 1.82) is 0 Å². The van der Waals surface area contributed by atoms with Gasteiger partial charge in [0.15, 0.2) is 0 Å². The van der Waals surface area contributed by atoms with Gasteiger partial charge in [-0.05, 0) is 31.5 Å². The van der Waals surface area contributed by atoms with Crippen molar-refractivity contribution >= 4 is 27.4 Å². The monoisotopic (exact) mass is 470 g/mol. The fraction of sp³-hybridized carbons (Fsp3) is 0.500. The van der Waals surface area contributed by atoms with Gasteiger partial charge in [-0.25, -0.2) is 9.97 Å². The Morgan fingerprint density at radius 2 is 1.85 bits per heavy atom. The molecule has 33 heavy (non-hydrogen) atoms. The van der Waals surface area contributed by atoms with Gasteiger partial charge in [-0.3, -0.25) is 4.90 Å². The molecule has 3 aromatic rings. The first kappa shape index (κ1) is 22.3. The highest BCUT2D eigenvalue weighted by molar-refractivity contribution is 7.18. The highest BCUT2D eigenvalue weighted by Gasteiger charge is 2.32. The summed E-state index contributed by atoms with van der Waals surface area (Å²) < 4.78 is 16.7. The Balaban J connectivity index is 1.59. The minimum Gasteiger partial charge on any atom is -0.496 e. The summed E-state index contributed by atoms with van der Waals surface area (Å²) in [7, 11) is 3.29. The van der Waals surface area contributed by atoms with E-state index in [0.717, 1.165) is 65.0 Å². The lowest BCUT2D eigenvalue weighted by atomic mass is 9.95. The Bertz CT molecular complexity index is 1180. The molecular weight excluding hydrogens is 440 g/mol. The molecule has 0 aliphatic carbocycles. The molecule has 2 aromatic heterocycles. The highest BCUT2D eigenvalue weighted by Crippen LogP contribution is 2.43. The van der Waals surface area contributed by atoms with Crippen molar-refractivity contribution in [3.05, 3.63) is 39.5 Å². The summed E-state index contributed by atoms with van der Waals surface area (Å²) in [6.07, 6.45) is -0.716. The molecule has 0 saturated carbocycles. The van der Waals surface area contributed by atoms with Gasteiger partial charge in [0.05, 0.1) is 45.9 Å². The minimum atomic E-state index is -0.716. The van der Waals surface area contributed by atoms with E-state index in [0.29, 0.717) is 25.4 Å². The normalized spacial score (nSPS) is 19.1. The molecule has 1 fully saturated rings. The number of aliphatic hydroxyl groups is 1. The van der Waals surface area contributed by atoms with Crippen LogP contribution in [0.2, 0.25) is 0 Å². The molecule has 1 atom stereocenters. The molecule has 176 valence electrons. The Morgan fingerprint density at radius 3 is 2.58 bits per heavy atom. The van der Waals surface area contributed by atoms with Gasteiger partial charge in [-0.1, -0.05) is 0 Å². The van der Waals surface area contributed by atoms with E-state index in [-0.39, 0.29) is 0 Å². The van der Waals surface area contributed by atoms with Crippen LogP contribution in [0.15, 0.2) is 12.1 Å². The third-order valence-corrected chi connectivity index (χ3v) is 7.71. The maximum atomic E-state index is 11.2. The van der Waals surface area contributed by atoms with E-state index in [1.165, 1.54) is 10.4 Å². The predicted octanol–water partition coefficient (Wildman–Crippen LogP) is 3.21. The smallest absolute Gasteiger partial charge is 0.146 e. The fourth-order valence-electron chi connectivity index (χ4n) is 4.77. The molecule has 1 aromatic carbocycles. The number of anilines is 1. The first-order valence-corrected chi connectivity index (χ1v) is 12.0. The summed E-state index contributed by atoms with van der Waals surface area (Å²) in [5.41, 5.74) is 2.92. The first-order chi connectivity index (χ1) is 16.0. The van der Waals surface area contributed by atoms with Gasteiger partial charge in [0, 0.05) is 35.6 Å². The molecule has 9 heteroatoms. The molecule has 8 nitrogen and oxygen atoms in total. The molecule has 0 unspecified atom stereocenters. The number of aliphatic hydroxyl groups excluding tert-OH is 1. The number of aromatic nitrogens is 2. The van der Waals surface area contributed by atoms with Crippen LogP contribution in [0.3, 0.4) is 0 Å². The molecule has 1 N–H and O–H groups in total. The van der Waals surface area contributed by atoms with Gasteiger partial charge in [0.1, 0.15) is 34.1 Å². The number of thiophene rings is 1. The van der Waals surface area contributed by atoms with Crippen molar-refractivity contribution in [3.63, 3.8) is 0 Å². The predicted molar refractivity (Wildman–Crippen MR) is 129 cm³/mol. The second-order valence-electron chi connectivity index (χ2n) is 8.57. The van der Waals surface area contributed by atoms with Crippen molar-refractivity contribution in [2.75, 3.05) is 52.0 Å². The number of aryl methyl sites for hydroxylation is 2. The summed E-state index contributed by atoms with van der Waals surface area (Å²) in [5, 5.41) is 12.2. The lowest BCUT2D eigenvalue weighted by Gasteiger charge is -2.35. The van der Waals surface area contributed by atoms with Crippen molar-refractivity contribution in [1.82, 2.24) is 14.9 Å². The van der Waals surface area contributed by atoms with Crippen LogP contribution in [0.25, 0.3) is 10.2 Å². The third kappa shape index (κ3) is 4.03. The zero-order valence-electron chi connectivity index (χ0n) is 19.6. The number of hydrogen-bond acceptors (Lipinski definition) is 9. The molecule has 4 heterocycles. The minimum absolute atomic E-state index is 0.425. The van der Waals surface area contributed by atoms with Crippen LogP contribution >= 0.6 is 11.3 Å². The van der Waals surface area contributed by atoms with Crippen molar-refractivity contribution < 1.29 is 19.3 Å². The van der Waals surface area contributed by atoms with Crippen molar-refractivity contribution in [3.8, 4) is 11.5 Å². The number of benzene rings is 1. The number of rotatable bonds is 5. The van der Waals surface area contributed by atoms with E-state index < -0.39 is 6.10 Å². The van der Waals surface area contributed by atoms with Crippen LogP contribution in [0.4, 0.5) is 5.82 Å². The number of morpholine rings is 1. The summed E-state index contributed by atoms with van der Waals surface area (Å²) in [5.74, 6) is 3.10. The van der Waals surface area contributed by atoms with E-state index in [1.807, 2.05) is 12.1 Å². The maximum absolute atomic E-state index is 11.2. The average Bonchev–Trinajstić information content (AvgIpc) is 3.11. The van der Waals surface area contributed by atoms with Crippen LogP contribution in [0.1, 0.15) is 33.5 Å². The lowest BCUT2D eigenvalue weighted by molar-refractivity contribution is 0.0331. The molecule has 0 bridgehead atoms. The molecular formula is C24H30N4O4S. The van der Waals surface area contributed by atoms with Crippen molar-refractivity contribution in [2.45, 2.75) is 33.0 Å². The van der Waals surface area contributed by atoms with Gasteiger partial charge in [0.2, 0.25) is 0 Å². The Kier molecular flexibility index (Phi) is 6.13. The van der Waals surface area contributed by atoms with Crippen LogP contribution in [0.5, 0.6) is 11.5 Å². The topological polar surface area (TPSA) is 80.2 Å². The van der Waals surface area contributed by atoms with Gasteiger partial charge >= 0.3 is 0 Å². The van der Waals surface area contributed by atoms with Crippen LogP contribution < -0.4 is 14.4 Å². The van der Waals surface area contributed by atoms with Gasteiger partial charge in [0.25, 0.3) is 0 Å². The second kappa shape index (κ2) is 9.06. The van der Waals surface area contributed by atoms with Gasteiger partial charge < -0.3 is 24.2 Å². The molecule has 0 radical (unpaired) electrons. The Hall–Kier alpha value is -2.46. The third-order valence-electron chi connectivity index (χ3n) is 6.61. The number of β-amino-alcohol motifs (C(OH)–C–C–N with tert-alkyl or cyclic N) is 1. The zero-order chi connectivity index (χ0) is 23.1. The highest BCUT2D eigenvalue weighted by atomic mass is 32.1. The van der Waals surface area contributed by atoms with Crippen molar-refractivity contribution in [2.24, 2.45) is 0 Å². The van der Waals surface area contributed by atoms with E-state index in [2.05, 4.69) is 23.6 Å². The van der Waals surface area contributed by atoms with Gasteiger partial charge in [-0.15, -0.1) is 11.3 Å². The number of methoxy groups -OCH3 is 2. The second-order valence-corrected chi connectivity index (χ2v) is 9.78. The number of fused-ring (bicyclic) bond motifs is 2. The maximum Gasteiger partial charge on any atom is 0.146 e. The summed E-state index contributed by atoms with van der Waals surface area (Å²) in [6, 6.07) is 3.75. The standard InChI is InChI=1S/C24H30N4O4S/c1-14-15(2)33-24-21(14)23(25-20(26-24)13-27-7-9-32-10-8-27)28-11-16-18(30-3)5-6-19(31-4)22(16)17(29)12-28/h5-6,17,29H,7-13H2,1-4H3/t17-/m0/s1. The number of nitrogens with zero attached hydrogens (tertiary/aromatic N) is 4. The van der Waals surface area contributed by atoms with E-state index in [9.17, 15) is 5.11 Å².